The Balaban J connectivity index is 0.000000233. The second-order valence-corrected chi connectivity index (χ2v) is 5.37. The van der Waals surface area contributed by atoms with Gasteiger partial charge in [0.15, 0.2) is 0 Å². The molecular weight excluding hydrogens is 256 g/mol. The number of aliphatic hydroxyl groups is 1. The molecule has 0 fully saturated rings. The topological polar surface area (TPSA) is 20.2 Å². The van der Waals surface area contributed by atoms with E-state index in [1.165, 1.54) is 32.3 Å². The number of benzene rings is 4. The highest BCUT2D eigenvalue weighted by atomic mass is 16.2. The van der Waals surface area contributed by atoms with Crippen molar-refractivity contribution in [3.63, 3.8) is 0 Å². The lowest BCUT2D eigenvalue weighted by Gasteiger charge is -2.09. The Morgan fingerprint density at radius 1 is 0.667 bits per heavy atom. The van der Waals surface area contributed by atoms with Crippen molar-refractivity contribution in [1.29, 1.82) is 0 Å². The molecule has 106 valence electrons. The molecule has 1 heteroatoms. The fraction of sp³-hybridized carbons (Fsp3) is 0.200. The van der Waals surface area contributed by atoms with Crippen LogP contribution in [0.15, 0.2) is 60.7 Å². The zero-order chi connectivity index (χ0) is 14.7. The summed E-state index contributed by atoms with van der Waals surface area (Å²) in [6, 6.07) is 21.9. The highest BCUT2D eigenvalue weighted by Crippen LogP contribution is 2.33. The van der Waals surface area contributed by atoms with E-state index in [4.69, 9.17) is 5.11 Å². The molecule has 4 aromatic rings. The molecule has 0 amide bonds. The van der Waals surface area contributed by atoms with Crippen LogP contribution in [0.25, 0.3) is 32.3 Å². The SMILES string of the molecule is CCCCO.c1cc2ccc3cccc4ccc(c1)c2c34. The second-order valence-electron chi connectivity index (χ2n) is 5.37. The van der Waals surface area contributed by atoms with E-state index in [9.17, 15) is 0 Å². The molecular formula is C20H20O. The van der Waals surface area contributed by atoms with Crippen molar-refractivity contribution in [3.05, 3.63) is 60.7 Å². The molecule has 0 aliphatic rings. The number of hydrogen-bond acceptors (Lipinski definition) is 1. The number of unbranched alkanes of at least 4 members (excludes halogenated alkanes) is 1. The number of aliphatic hydroxyl groups excluding tert-OH is 1. The van der Waals surface area contributed by atoms with E-state index >= 15 is 0 Å². The minimum atomic E-state index is 0.344. The van der Waals surface area contributed by atoms with Gasteiger partial charge in [0, 0.05) is 6.61 Å². The van der Waals surface area contributed by atoms with Crippen LogP contribution in [0.3, 0.4) is 0 Å². The van der Waals surface area contributed by atoms with E-state index in [0.717, 1.165) is 12.8 Å². The lowest BCUT2D eigenvalue weighted by atomic mass is 9.95. The van der Waals surface area contributed by atoms with Crippen LogP contribution < -0.4 is 0 Å². The van der Waals surface area contributed by atoms with Crippen molar-refractivity contribution in [1.82, 2.24) is 0 Å². The monoisotopic (exact) mass is 276 g/mol. The fourth-order valence-electron chi connectivity index (χ4n) is 2.83. The quantitative estimate of drug-likeness (QED) is 0.488. The van der Waals surface area contributed by atoms with Crippen LogP contribution in [-0.4, -0.2) is 11.7 Å². The van der Waals surface area contributed by atoms with Gasteiger partial charge in [0.1, 0.15) is 0 Å². The summed E-state index contributed by atoms with van der Waals surface area (Å²) >= 11 is 0. The van der Waals surface area contributed by atoms with Gasteiger partial charge in [-0.2, -0.15) is 0 Å². The molecule has 0 spiro atoms. The van der Waals surface area contributed by atoms with Crippen LogP contribution >= 0.6 is 0 Å². The third-order valence-electron chi connectivity index (χ3n) is 3.90. The van der Waals surface area contributed by atoms with Crippen LogP contribution in [0.5, 0.6) is 0 Å². The van der Waals surface area contributed by atoms with E-state index in [1.807, 2.05) is 0 Å². The standard InChI is InChI=1S/C16H10.C4H10O/c1-3-11-7-9-13-5-2-6-14-10-8-12(4-1)15(11)16(13)14;1-2-3-4-5/h1-10H;5H,2-4H2,1H3. The third-order valence-corrected chi connectivity index (χ3v) is 3.90. The molecule has 1 N–H and O–H groups in total. The fourth-order valence-corrected chi connectivity index (χ4v) is 2.83. The lowest BCUT2D eigenvalue weighted by molar-refractivity contribution is 0.287. The van der Waals surface area contributed by atoms with Gasteiger partial charge in [-0.25, -0.2) is 0 Å². The summed E-state index contributed by atoms with van der Waals surface area (Å²) in [6.07, 6.45) is 2.04. The van der Waals surface area contributed by atoms with Gasteiger partial charge < -0.3 is 5.11 Å². The van der Waals surface area contributed by atoms with Gasteiger partial charge in [-0.05, 0) is 38.7 Å². The Kier molecular flexibility index (Phi) is 4.03. The number of hydrogen-bond donors (Lipinski definition) is 1. The Labute approximate surface area is 125 Å². The maximum Gasteiger partial charge on any atom is 0.0430 e. The molecule has 0 unspecified atom stereocenters. The molecule has 21 heavy (non-hydrogen) atoms. The second kappa shape index (κ2) is 6.11. The van der Waals surface area contributed by atoms with Crippen molar-refractivity contribution in [2.45, 2.75) is 19.8 Å². The van der Waals surface area contributed by atoms with Gasteiger partial charge in [-0.15, -0.1) is 0 Å². The summed E-state index contributed by atoms with van der Waals surface area (Å²) in [6.45, 7) is 2.40. The van der Waals surface area contributed by atoms with Crippen LogP contribution in [0.4, 0.5) is 0 Å². The summed E-state index contributed by atoms with van der Waals surface area (Å²) in [4.78, 5) is 0. The van der Waals surface area contributed by atoms with Gasteiger partial charge in [0.05, 0.1) is 0 Å². The van der Waals surface area contributed by atoms with E-state index < -0.39 is 0 Å². The molecule has 4 aromatic carbocycles. The maximum atomic E-state index is 8.07. The minimum absolute atomic E-state index is 0.344. The maximum absolute atomic E-state index is 8.07. The van der Waals surface area contributed by atoms with E-state index in [2.05, 4.69) is 67.6 Å². The zero-order valence-corrected chi connectivity index (χ0v) is 12.3. The summed E-state index contributed by atoms with van der Waals surface area (Å²) in [5, 5.41) is 16.2. The van der Waals surface area contributed by atoms with Crippen molar-refractivity contribution < 1.29 is 5.11 Å². The van der Waals surface area contributed by atoms with Crippen molar-refractivity contribution in [2.24, 2.45) is 0 Å². The largest absolute Gasteiger partial charge is 0.396 e. The van der Waals surface area contributed by atoms with Gasteiger partial charge >= 0.3 is 0 Å². The van der Waals surface area contributed by atoms with Crippen LogP contribution in [0.1, 0.15) is 19.8 Å². The molecule has 0 saturated heterocycles. The normalized spacial score (nSPS) is 11.0. The Bertz CT molecular complexity index is 716. The first-order chi connectivity index (χ1) is 10.3. The molecule has 0 aliphatic carbocycles. The molecule has 0 heterocycles. The molecule has 0 atom stereocenters. The minimum Gasteiger partial charge on any atom is -0.396 e. The van der Waals surface area contributed by atoms with Gasteiger partial charge in [0.25, 0.3) is 0 Å². The molecule has 0 aromatic heterocycles. The Morgan fingerprint density at radius 3 is 1.29 bits per heavy atom. The molecule has 0 saturated carbocycles. The summed E-state index contributed by atoms with van der Waals surface area (Å²) < 4.78 is 0. The Hall–Kier alpha value is -2.12. The molecule has 4 rings (SSSR count). The first-order valence-electron chi connectivity index (χ1n) is 7.58. The predicted molar refractivity (Wildman–Crippen MR) is 92.1 cm³/mol. The van der Waals surface area contributed by atoms with Gasteiger partial charge in [0.2, 0.25) is 0 Å². The molecule has 0 radical (unpaired) electrons. The van der Waals surface area contributed by atoms with Crippen LogP contribution in [0.2, 0.25) is 0 Å². The summed E-state index contributed by atoms with van der Waals surface area (Å²) in [7, 11) is 0. The molecule has 0 aliphatic heterocycles. The third kappa shape index (κ3) is 2.57. The zero-order valence-electron chi connectivity index (χ0n) is 12.3. The highest BCUT2D eigenvalue weighted by Gasteiger charge is 2.05. The summed E-state index contributed by atoms with van der Waals surface area (Å²) in [5.41, 5.74) is 0. The van der Waals surface area contributed by atoms with Crippen LogP contribution in [0, 0.1) is 0 Å². The lowest BCUT2D eigenvalue weighted by Crippen LogP contribution is -1.82. The molecule has 0 bridgehead atoms. The number of rotatable bonds is 2. The van der Waals surface area contributed by atoms with Gasteiger partial charge in [-0.1, -0.05) is 74.0 Å². The van der Waals surface area contributed by atoms with Crippen molar-refractivity contribution >= 4 is 32.3 Å². The smallest absolute Gasteiger partial charge is 0.0430 e. The first-order valence-corrected chi connectivity index (χ1v) is 7.58. The average molecular weight is 276 g/mol. The predicted octanol–water partition coefficient (Wildman–Crippen LogP) is 5.36. The van der Waals surface area contributed by atoms with E-state index in [1.54, 1.807) is 0 Å². The van der Waals surface area contributed by atoms with Gasteiger partial charge in [-0.3, -0.25) is 0 Å². The first kappa shape index (κ1) is 13.8. The van der Waals surface area contributed by atoms with Crippen LogP contribution in [-0.2, 0) is 0 Å². The average Bonchev–Trinajstić information content (AvgIpc) is 2.54. The summed E-state index contributed by atoms with van der Waals surface area (Å²) in [5.74, 6) is 0. The highest BCUT2D eigenvalue weighted by molar-refractivity contribution is 6.22. The molecule has 1 nitrogen and oxygen atoms in total. The van der Waals surface area contributed by atoms with Crippen molar-refractivity contribution in [2.75, 3.05) is 6.61 Å². The van der Waals surface area contributed by atoms with E-state index in [0.29, 0.717) is 6.61 Å². The Morgan fingerprint density at radius 2 is 1.05 bits per heavy atom. The van der Waals surface area contributed by atoms with Crippen molar-refractivity contribution in [3.8, 4) is 0 Å². The van der Waals surface area contributed by atoms with E-state index in [-0.39, 0.29) is 0 Å².